The number of nitro groups is 1. The van der Waals surface area contributed by atoms with Crippen molar-refractivity contribution in [3.63, 3.8) is 0 Å². The van der Waals surface area contributed by atoms with Gasteiger partial charge in [-0.3, -0.25) is 4.68 Å². The molecule has 0 aliphatic heterocycles. The van der Waals surface area contributed by atoms with Gasteiger partial charge >= 0.3 is 5.82 Å². The van der Waals surface area contributed by atoms with E-state index in [0.717, 1.165) is 11.3 Å². The number of hydrogen-bond acceptors (Lipinski definition) is 6. The second-order valence-corrected chi connectivity index (χ2v) is 5.20. The van der Waals surface area contributed by atoms with E-state index in [9.17, 15) is 10.1 Å². The van der Waals surface area contributed by atoms with Crippen LogP contribution in [0.3, 0.4) is 0 Å². The third-order valence-electron chi connectivity index (χ3n) is 3.19. The molecule has 0 atom stereocenters. The second-order valence-electron chi connectivity index (χ2n) is 4.33. The minimum absolute atomic E-state index is 0.0391. The van der Waals surface area contributed by atoms with Gasteiger partial charge in [0.1, 0.15) is 6.20 Å². The van der Waals surface area contributed by atoms with Gasteiger partial charge in [-0.2, -0.15) is 14.5 Å². The predicted molar refractivity (Wildman–Crippen MR) is 75.0 cm³/mol. The summed E-state index contributed by atoms with van der Waals surface area (Å²) in [7, 11) is 1.86. The Balaban J connectivity index is 1.91. The highest BCUT2D eigenvalue weighted by Crippen LogP contribution is 2.28. The number of imidazole rings is 1. The van der Waals surface area contributed by atoms with Crippen molar-refractivity contribution in [1.82, 2.24) is 19.2 Å². The molecule has 0 fully saturated rings. The molecule has 0 unspecified atom stereocenters. The number of aromatic nitrogens is 4. The highest BCUT2D eigenvalue weighted by Gasteiger charge is 2.23. The van der Waals surface area contributed by atoms with Crippen LogP contribution in [-0.4, -0.2) is 24.1 Å². The van der Waals surface area contributed by atoms with Crippen molar-refractivity contribution in [1.29, 1.82) is 0 Å². The lowest BCUT2D eigenvalue weighted by atomic mass is 10.2. The summed E-state index contributed by atoms with van der Waals surface area (Å²) in [5.41, 5.74) is 2.00. The highest BCUT2D eigenvalue weighted by atomic mass is 32.1. The van der Waals surface area contributed by atoms with E-state index in [0.29, 0.717) is 11.5 Å². The van der Waals surface area contributed by atoms with E-state index in [1.165, 1.54) is 15.7 Å². The molecule has 0 saturated carbocycles. The average molecular weight is 292 g/mol. The molecule has 0 spiro atoms. The van der Waals surface area contributed by atoms with E-state index in [4.69, 9.17) is 0 Å². The molecule has 0 amide bonds. The van der Waals surface area contributed by atoms with Gasteiger partial charge in [0.2, 0.25) is 5.82 Å². The van der Waals surface area contributed by atoms with E-state index in [1.807, 2.05) is 14.0 Å². The van der Waals surface area contributed by atoms with Crippen LogP contribution in [0.25, 0.3) is 4.96 Å². The molecule has 3 aromatic rings. The van der Waals surface area contributed by atoms with Gasteiger partial charge in [0.25, 0.3) is 4.96 Å². The standard InChI is InChI=1S/C11H12N6O2S/c1-7-8(6-13-15(7)2)5-12-9-10(17(18)19)16-3-4-20-11(16)14-9/h3-4,6,12H,5H2,1-2H3. The van der Waals surface area contributed by atoms with Crippen LogP contribution in [0, 0.1) is 17.0 Å². The number of rotatable bonds is 4. The Hall–Kier alpha value is -2.42. The normalized spacial score (nSPS) is 11.1. The first kappa shape index (κ1) is 12.6. The summed E-state index contributed by atoms with van der Waals surface area (Å²) < 4.78 is 3.24. The molecule has 20 heavy (non-hydrogen) atoms. The molecule has 3 aromatic heterocycles. The fourth-order valence-corrected chi connectivity index (χ4v) is 2.67. The summed E-state index contributed by atoms with van der Waals surface area (Å²) >= 11 is 1.36. The van der Waals surface area contributed by atoms with Crippen LogP contribution in [0.4, 0.5) is 11.6 Å². The van der Waals surface area contributed by atoms with Crippen molar-refractivity contribution in [3.05, 3.63) is 39.1 Å². The zero-order chi connectivity index (χ0) is 14.3. The fraction of sp³-hybridized carbons (Fsp3) is 0.273. The van der Waals surface area contributed by atoms with Crippen LogP contribution in [0.2, 0.25) is 0 Å². The second kappa shape index (κ2) is 4.60. The summed E-state index contributed by atoms with van der Waals surface area (Å²) in [6.45, 7) is 2.40. The maximum absolute atomic E-state index is 11.2. The molecule has 3 heterocycles. The van der Waals surface area contributed by atoms with Gasteiger partial charge in [-0.15, -0.1) is 0 Å². The van der Waals surface area contributed by atoms with Gasteiger partial charge in [0, 0.05) is 30.2 Å². The molecule has 0 aliphatic rings. The molecule has 9 heteroatoms. The maximum atomic E-state index is 11.2. The van der Waals surface area contributed by atoms with Crippen molar-refractivity contribution >= 4 is 27.9 Å². The Kier molecular flexibility index (Phi) is 2.90. The molecule has 3 rings (SSSR count). The minimum Gasteiger partial charge on any atom is -0.359 e. The number of aryl methyl sites for hydroxylation is 1. The zero-order valence-electron chi connectivity index (χ0n) is 10.9. The summed E-state index contributed by atoms with van der Waals surface area (Å²) in [5.74, 6) is 0.243. The predicted octanol–water partition coefficient (Wildman–Crippen LogP) is 1.96. The number of hydrogen-bond donors (Lipinski definition) is 1. The molecule has 0 bridgehead atoms. The van der Waals surface area contributed by atoms with E-state index in [1.54, 1.807) is 22.5 Å². The lowest BCUT2D eigenvalue weighted by Gasteiger charge is -2.03. The molecule has 1 N–H and O–H groups in total. The quantitative estimate of drug-likeness (QED) is 0.586. The van der Waals surface area contributed by atoms with Gasteiger partial charge in [-0.25, -0.2) is 0 Å². The Morgan fingerprint density at radius 1 is 1.55 bits per heavy atom. The van der Waals surface area contributed by atoms with Gasteiger partial charge in [-0.05, 0) is 11.8 Å². The van der Waals surface area contributed by atoms with Crippen molar-refractivity contribution in [3.8, 4) is 0 Å². The van der Waals surface area contributed by atoms with E-state index in [2.05, 4.69) is 15.4 Å². The number of nitrogens with zero attached hydrogens (tertiary/aromatic N) is 5. The molecule has 104 valence electrons. The van der Waals surface area contributed by atoms with E-state index in [-0.39, 0.29) is 11.6 Å². The minimum atomic E-state index is -0.425. The first-order valence-electron chi connectivity index (χ1n) is 5.89. The Morgan fingerprint density at radius 2 is 2.35 bits per heavy atom. The number of nitrogens with one attached hydrogen (secondary N) is 1. The van der Waals surface area contributed by atoms with Crippen LogP contribution in [-0.2, 0) is 13.6 Å². The summed E-state index contributed by atoms with van der Waals surface area (Å²) in [6.07, 6.45) is 3.39. The van der Waals surface area contributed by atoms with Crippen molar-refractivity contribution < 1.29 is 4.92 Å². The highest BCUT2D eigenvalue weighted by molar-refractivity contribution is 7.15. The van der Waals surface area contributed by atoms with Gasteiger partial charge < -0.3 is 15.4 Å². The monoisotopic (exact) mass is 292 g/mol. The number of anilines is 1. The Morgan fingerprint density at radius 3 is 3.00 bits per heavy atom. The zero-order valence-corrected chi connectivity index (χ0v) is 11.7. The van der Waals surface area contributed by atoms with Crippen LogP contribution in [0.15, 0.2) is 17.8 Å². The Bertz CT molecular complexity index is 786. The van der Waals surface area contributed by atoms with E-state index >= 15 is 0 Å². The first-order valence-corrected chi connectivity index (χ1v) is 6.77. The molecule has 0 saturated heterocycles. The third kappa shape index (κ3) is 1.92. The third-order valence-corrected chi connectivity index (χ3v) is 3.95. The average Bonchev–Trinajstić information content (AvgIpc) is 3.04. The summed E-state index contributed by atoms with van der Waals surface area (Å²) in [4.78, 5) is 15.6. The van der Waals surface area contributed by atoms with Crippen molar-refractivity contribution in [2.45, 2.75) is 13.5 Å². The van der Waals surface area contributed by atoms with Crippen LogP contribution >= 0.6 is 11.3 Å². The molecule has 0 aromatic carbocycles. The lowest BCUT2D eigenvalue weighted by Crippen LogP contribution is -2.04. The SMILES string of the molecule is Cc1c(CNc2nc3sccn3c2[N+](=O)[O-])cnn1C. The van der Waals surface area contributed by atoms with Crippen LogP contribution < -0.4 is 5.32 Å². The lowest BCUT2D eigenvalue weighted by molar-refractivity contribution is -0.389. The van der Waals surface area contributed by atoms with Gasteiger partial charge in [-0.1, -0.05) is 11.3 Å². The van der Waals surface area contributed by atoms with Crippen molar-refractivity contribution in [2.75, 3.05) is 5.32 Å². The summed E-state index contributed by atoms with van der Waals surface area (Å²) in [6, 6.07) is 0. The van der Waals surface area contributed by atoms with Crippen LogP contribution in [0.1, 0.15) is 11.3 Å². The van der Waals surface area contributed by atoms with Crippen LogP contribution in [0.5, 0.6) is 0 Å². The van der Waals surface area contributed by atoms with Crippen molar-refractivity contribution in [2.24, 2.45) is 7.05 Å². The molecular formula is C11H12N6O2S. The maximum Gasteiger partial charge on any atom is 0.372 e. The number of thiazole rings is 1. The Labute approximate surface area is 117 Å². The first-order chi connectivity index (χ1) is 9.58. The smallest absolute Gasteiger partial charge is 0.359 e. The largest absolute Gasteiger partial charge is 0.372 e. The molecule has 0 aliphatic carbocycles. The van der Waals surface area contributed by atoms with E-state index < -0.39 is 4.92 Å². The number of fused-ring (bicyclic) bond motifs is 1. The molecular weight excluding hydrogens is 280 g/mol. The summed E-state index contributed by atoms with van der Waals surface area (Å²) in [5, 5.41) is 20.1. The topological polar surface area (TPSA) is 90.3 Å². The fourth-order valence-electron chi connectivity index (χ4n) is 1.96. The van der Waals surface area contributed by atoms with Gasteiger partial charge in [0.05, 0.1) is 6.20 Å². The molecule has 8 nitrogen and oxygen atoms in total. The van der Waals surface area contributed by atoms with Gasteiger partial charge in [0.15, 0.2) is 0 Å². The molecule has 0 radical (unpaired) electrons.